The van der Waals surface area contributed by atoms with E-state index in [0.717, 1.165) is 25.5 Å². The highest BCUT2D eigenvalue weighted by molar-refractivity contribution is 5.80. The van der Waals surface area contributed by atoms with Crippen LogP contribution in [0.1, 0.15) is 12.8 Å². The van der Waals surface area contributed by atoms with Gasteiger partial charge in [0.1, 0.15) is 6.61 Å². The fraction of sp³-hybridized carbons (Fsp3) is 0.625. The minimum atomic E-state index is -0.576. The number of carbonyl (C=O) groups is 1. The van der Waals surface area contributed by atoms with Gasteiger partial charge in [-0.05, 0) is 12.8 Å². The van der Waals surface area contributed by atoms with Crippen molar-refractivity contribution in [1.29, 1.82) is 0 Å². The molecule has 0 amide bonds. The molecule has 4 heteroatoms. The Morgan fingerprint density at radius 1 is 1.75 bits per heavy atom. The van der Waals surface area contributed by atoms with Crippen molar-refractivity contribution in [3.05, 3.63) is 12.7 Å². The molecule has 1 atom stereocenters. The molecule has 1 rings (SSSR count). The quantitative estimate of drug-likeness (QED) is 0.358. The molecule has 0 N–H and O–H groups in total. The third kappa shape index (κ3) is 3.02. The second-order valence-corrected chi connectivity index (χ2v) is 2.53. The van der Waals surface area contributed by atoms with Gasteiger partial charge in [-0.3, -0.25) is 4.89 Å². The molecular weight excluding hydrogens is 160 g/mol. The first-order valence-corrected chi connectivity index (χ1v) is 3.90. The van der Waals surface area contributed by atoms with Gasteiger partial charge in [-0.2, -0.15) is 4.89 Å². The monoisotopic (exact) mass is 172 g/mol. The third-order valence-corrected chi connectivity index (χ3v) is 1.59. The Balaban J connectivity index is 2.01. The number of carbonyl (C=O) groups excluding carboxylic acids is 1. The Kier molecular flexibility index (Phi) is 3.76. The zero-order valence-corrected chi connectivity index (χ0v) is 6.82. The van der Waals surface area contributed by atoms with Crippen molar-refractivity contribution in [1.82, 2.24) is 0 Å². The topological polar surface area (TPSA) is 44.8 Å². The first-order chi connectivity index (χ1) is 5.83. The summed E-state index contributed by atoms with van der Waals surface area (Å²) in [5, 5.41) is 0. The first kappa shape index (κ1) is 9.22. The van der Waals surface area contributed by atoms with Crippen LogP contribution >= 0.6 is 0 Å². The normalized spacial score (nSPS) is 22.2. The second-order valence-electron chi connectivity index (χ2n) is 2.53. The number of hydrogen-bond donors (Lipinski definition) is 0. The van der Waals surface area contributed by atoms with Crippen LogP contribution in [-0.2, 0) is 19.3 Å². The Morgan fingerprint density at radius 3 is 3.17 bits per heavy atom. The van der Waals surface area contributed by atoms with Crippen molar-refractivity contribution < 1.29 is 19.3 Å². The lowest BCUT2D eigenvalue weighted by Crippen LogP contribution is -2.15. The van der Waals surface area contributed by atoms with Gasteiger partial charge in [-0.1, -0.05) is 6.58 Å². The third-order valence-electron chi connectivity index (χ3n) is 1.59. The van der Waals surface area contributed by atoms with Gasteiger partial charge < -0.3 is 4.74 Å². The van der Waals surface area contributed by atoms with Crippen molar-refractivity contribution in [3.63, 3.8) is 0 Å². The summed E-state index contributed by atoms with van der Waals surface area (Å²) in [4.78, 5) is 19.4. The molecule has 1 unspecified atom stereocenters. The minimum absolute atomic E-state index is 0.0719. The Bertz CT molecular complexity index is 160. The summed E-state index contributed by atoms with van der Waals surface area (Å²) in [7, 11) is 0. The second kappa shape index (κ2) is 4.90. The number of ether oxygens (including phenoxy) is 1. The zero-order chi connectivity index (χ0) is 8.81. The molecule has 0 aromatic carbocycles. The molecule has 0 aromatic rings. The first-order valence-electron chi connectivity index (χ1n) is 3.90. The maximum atomic E-state index is 10.5. The summed E-state index contributed by atoms with van der Waals surface area (Å²) in [5.74, 6) is -0.576. The molecule has 0 bridgehead atoms. The number of rotatable bonds is 4. The van der Waals surface area contributed by atoms with Crippen molar-refractivity contribution in [2.45, 2.75) is 18.9 Å². The number of hydrogen-bond acceptors (Lipinski definition) is 4. The highest BCUT2D eigenvalue weighted by Crippen LogP contribution is 2.11. The summed E-state index contributed by atoms with van der Waals surface area (Å²) in [6.45, 7) is 4.30. The van der Waals surface area contributed by atoms with Crippen molar-refractivity contribution in [2.24, 2.45) is 0 Å². The van der Waals surface area contributed by atoms with Gasteiger partial charge >= 0.3 is 5.97 Å². The molecule has 1 fully saturated rings. The van der Waals surface area contributed by atoms with E-state index in [1.165, 1.54) is 0 Å². The van der Waals surface area contributed by atoms with Gasteiger partial charge in [-0.15, -0.1) is 0 Å². The SMILES string of the molecule is C=CC(=O)OOCC1CCCO1. The largest absolute Gasteiger partial charge is 0.376 e. The Labute approximate surface area is 71.0 Å². The minimum Gasteiger partial charge on any atom is -0.376 e. The van der Waals surface area contributed by atoms with Gasteiger partial charge in [0.25, 0.3) is 0 Å². The van der Waals surface area contributed by atoms with E-state index in [-0.39, 0.29) is 6.10 Å². The van der Waals surface area contributed by atoms with Crippen LogP contribution in [0.15, 0.2) is 12.7 Å². The molecule has 0 spiro atoms. The Morgan fingerprint density at radius 2 is 2.58 bits per heavy atom. The smallest absolute Gasteiger partial charge is 0.365 e. The van der Waals surface area contributed by atoms with Gasteiger partial charge in [0.2, 0.25) is 0 Å². The Hall–Kier alpha value is -0.870. The van der Waals surface area contributed by atoms with Crippen LogP contribution in [0.4, 0.5) is 0 Å². The highest BCUT2D eigenvalue weighted by atomic mass is 17.2. The molecule has 1 aliphatic heterocycles. The van der Waals surface area contributed by atoms with Crippen LogP contribution < -0.4 is 0 Å². The van der Waals surface area contributed by atoms with E-state index in [0.29, 0.717) is 6.61 Å². The van der Waals surface area contributed by atoms with E-state index in [4.69, 9.17) is 4.74 Å². The molecule has 0 aliphatic carbocycles. The molecule has 0 saturated carbocycles. The predicted octanol–water partition coefficient (Wildman–Crippen LogP) is 0.826. The standard InChI is InChI=1S/C8H12O4/c1-2-8(9)12-11-6-7-4-3-5-10-7/h2,7H,1,3-6H2. The van der Waals surface area contributed by atoms with Crippen LogP contribution in [0.5, 0.6) is 0 Å². The molecule has 0 radical (unpaired) electrons. The maximum Gasteiger partial charge on any atom is 0.365 e. The molecule has 1 saturated heterocycles. The molecule has 4 nitrogen and oxygen atoms in total. The van der Waals surface area contributed by atoms with Crippen LogP contribution in [0.2, 0.25) is 0 Å². The van der Waals surface area contributed by atoms with E-state index in [2.05, 4.69) is 16.4 Å². The molecular formula is C8H12O4. The van der Waals surface area contributed by atoms with Crippen LogP contribution in [0, 0.1) is 0 Å². The van der Waals surface area contributed by atoms with E-state index < -0.39 is 5.97 Å². The summed E-state index contributed by atoms with van der Waals surface area (Å²) in [5.41, 5.74) is 0. The van der Waals surface area contributed by atoms with Gasteiger partial charge in [-0.25, -0.2) is 4.79 Å². The summed E-state index contributed by atoms with van der Waals surface area (Å²) in [6.07, 6.45) is 3.13. The van der Waals surface area contributed by atoms with E-state index in [1.54, 1.807) is 0 Å². The van der Waals surface area contributed by atoms with Crippen molar-refractivity contribution >= 4 is 5.97 Å². The summed E-state index contributed by atoms with van der Waals surface area (Å²) < 4.78 is 5.23. The lowest BCUT2D eigenvalue weighted by molar-refractivity contribution is -0.277. The summed E-state index contributed by atoms with van der Waals surface area (Å²) >= 11 is 0. The highest BCUT2D eigenvalue weighted by Gasteiger charge is 2.16. The average Bonchev–Trinajstić information content (AvgIpc) is 2.57. The zero-order valence-electron chi connectivity index (χ0n) is 6.82. The van der Waals surface area contributed by atoms with Crippen molar-refractivity contribution in [3.8, 4) is 0 Å². The van der Waals surface area contributed by atoms with Gasteiger partial charge in [0.15, 0.2) is 0 Å². The summed E-state index contributed by atoms with van der Waals surface area (Å²) in [6, 6.07) is 0. The maximum absolute atomic E-state index is 10.5. The van der Waals surface area contributed by atoms with E-state index in [9.17, 15) is 4.79 Å². The van der Waals surface area contributed by atoms with Gasteiger partial charge in [0, 0.05) is 12.7 Å². The van der Waals surface area contributed by atoms with E-state index >= 15 is 0 Å². The average molecular weight is 172 g/mol. The molecule has 68 valence electrons. The van der Waals surface area contributed by atoms with Crippen LogP contribution in [-0.4, -0.2) is 25.3 Å². The predicted molar refractivity (Wildman–Crippen MR) is 41.2 cm³/mol. The molecule has 1 aliphatic rings. The van der Waals surface area contributed by atoms with Crippen LogP contribution in [0.3, 0.4) is 0 Å². The van der Waals surface area contributed by atoms with Crippen LogP contribution in [0.25, 0.3) is 0 Å². The lowest BCUT2D eigenvalue weighted by Gasteiger charge is -2.07. The molecule has 12 heavy (non-hydrogen) atoms. The van der Waals surface area contributed by atoms with Crippen molar-refractivity contribution in [2.75, 3.05) is 13.2 Å². The fourth-order valence-electron chi connectivity index (χ4n) is 0.978. The van der Waals surface area contributed by atoms with E-state index in [1.807, 2.05) is 0 Å². The lowest BCUT2D eigenvalue weighted by atomic mass is 10.2. The molecule has 1 heterocycles. The molecule has 0 aromatic heterocycles. The fourth-order valence-corrected chi connectivity index (χ4v) is 0.978. The van der Waals surface area contributed by atoms with Gasteiger partial charge in [0.05, 0.1) is 6.10 Å².